The Balaban J connectivity index is 1.42. The summed E-state index contributed by atoms with van der Waals surface area (Å²) >= 11 is 0. The third-order valence-corrected chi connectivity index (χ3v) is 10.2. The minimum Gasteiger partial charge on any atom is -0.396 e. The minimum atomic E-state index is -0.541. The zero-order valence-electron chi connectivity index (χ0n) is 19.2. The van der Waals surface area contributed by atoms with Crippen molar-refractivity contribution in [1.29, 1.82) is 0 Å². The molecule has 8 atom stereocenters. The molecule has 4 saturated carbocycles. The van der Waals surface area contributed by atoms with Gasteiger partial charge in [-0.05, 0) is 118 Å². The third kappa shape index (κ3) is 3.63. The second-order valence-corrected chi connectivity index (χ2v) is 11.4. The van der Waals surface area contributed by atoms with Crippen LogP contribution in [0, 0.1) is 34.5 Å². The average molecular weight is 421 g/mol. The van der Waals surface area contributed by atoms with Gasteiger partial charge in [0.1, 0.15) is 6.61 Å². The van der Waals surface area contributed by atoms with Crippen molar-refractivity contribution in [3.8, 4) is 0 Å². The molecule has 5 heteroatoms. The lowest BCUT2D eigenvalue weighted by atomic mass is 9.43. The summed E-state index contributed by atoms with van der Waals surface area (Å²) in [5.41, 5.74) is 5.25. The number of aliphatic hydroxyl groups excluding tert-OH is 1. The van der Waals surface area contributed by atoms with Crippen molar-refractivity contribution < 1.29 is 15.1 Å². The Kier molecular flexibility index (Phi) is 6.54. The fourth-order valence-corrected chi connectivity index (χ4v) is 8.28. The van der Waals surface area contributed by atoms with Crippen LogP contribution in [-0.4, -0.2) is 41.3 Å². The molecule has 4 aliphatic rings. The van der Waals surface area contributed by atoms with E-state index in [1.165, 1.54) is 12.8 Å². The van der Waals surface area contributed by atoms with Crippen LogP contribution in [0.2, 0.25) is 0 Å². The van der Waals surface area contributed by atoms with E-state index in [2.05, 4.69) is 19.0 Å². The smallest absolute Gasteiger partial charge is 0.117 e. The first-order valence-electron chi connectivity index (χ1n) is 12.6. The fourth-order valence-electron chi connectivity index (χ4n) is 8.28. The SMILES string of the molecule is C[C@]12CC[C@H](O)C[C@H]1CC[C@@H]1[C@@H]2CC[C@]2(C)[C@H](C/C=N/OCCCCN)CC[C@]12O. The molecule has 4 fully saturated rings. The monoisotopic (exact) mass is 420 g/mol. The van der Waals surface area contributed by atoms with Gasteiger partial charge in [0.25, 0.3) is 0 Å². The highest BCUT2D eigenvalue weighted by Gasteiger charge is 2.66. The van der Waals surface area contributed by atoms with Crippen molar-refractivity contribution in [3.05, 3.63) is 0 Å². The average Bonchev–Trinajstić information content (AvgIpc) is 2.99. The van der Waals surface area contributed by atoms with Crippen molar-refractivity contribution in [2.24, 2.45) is 45.4 Å². The van der Waals surface area contributed by atoms with Gasteiger partial charge in [-0.2, -0.15) is 0 Å². The molecule has 5 nitrogen and oxygen atoms in total. The summed E-state index contributed by atoms with van der Waals surface area (Å²) in [5, 5.41) is 26.6. The van der Waals surface area contributed by atoms with E-state index >= 15 is 0 Å². The first-order valence-corrected chi connectivity index (χ1v) is 12.6. The van der Waals surface area contributed by atoms with Crippen LogP contribution in [-0.2, 0) is 4.84 Å². The summed E-state index contributed by atoms with van der Waals surface area (Å²) in [6.45, 7) is 6.18. The quantitative estimate of drug-likeness (QED) is 0.326. The second kappa shape index (κ2) is 8.71. The number of unbranched alkanes of at least 4 members (excludes halogenated alkanes) is 1. The van der Waals surface area contributed by atoms with Crippen LogP contribution in [0.5, 0.6) is 0 Å². The molecule has 0 aromatic carbocycles. The van der Waals surface area contributed by atoms with Crippen molar-refractivity contribution in [2.45, 2.75) is 103 Å². The lowest BCUT2D eigenvalue weighted by Crippen LogP contribution is -2.62. The van der Waals surface area contributed by atoms with Gasteiger partial charge in [-0.1, -0.05) is 19.0 Å². The van der Waals surface area contributed by atoms with Gasteiger partial charge < -0.3 is 20.8 Å². The van der Waals surface area contributed by atoms with E-state index in [0.29, 0.717) is 42.2 Å². The van der Waals surface area contributed by atoms with E-state index in [-0.39, 0.29) is 11.5 Å². The third-order valence-electron chi connectivity index (χ3n) is 10.2. The highest BCUT2D eigenvalue weighted by molar-refractivity contribution is 5.57. The molecule has 0 spiro atoms. The molecule has 0 bridgehead atoms. The number of fused-ring (bicyclic) bond motifs is 5. The van der Waals surface area contributed by atoms with Crippen molar-refractivity contribution in [1.82, 2.24) is 0 Å². The van der Waals surface area contributed by atoms with Gasteiger partial charge in [0.15, 0.2) is 0 Å². The predicted molar refractivity (Wildman–Crippen MR) is 120 cm³/mol. The van der Waals surface area contributed by atoms with Crippen LogP contribution >= 0.6 is 0 Å². The minimum absolute atomic E-state index is 0.0168. The summed E-state index contributed by atoms with van der Waals surface area (Å²) in [7, 11) is 0. The Morgan fingerprint density at radius 3 is 2.67 bits per heavy atom. The van der Waals surface area contributed by atoms with Crippen LogP contribution < -0.4 is 5.73 Å². The molecule has 172 valence electrons. The molecule has 0 radical (unpaired) electrons. The summed E-state index contributed by atoms with van der Waals surface area (Å²) in [6.07, 6.45) is 14.4. The Labute approximate surface area is 182 Å². The van der Waals surface area contributed by atoms with E-state index in [1.807, 2.05) is 6.21 Å². The molecule has 0 aromatic rings. The molecule has 4 aliphatic carbocycles. The van der Waals surface area contributed by atoms with Gasteiger partial charge in [-0.25, -0.2) is 0 Å². The summed E-state index contributed by atoms with van der Waals surface area (Å²) in [4.78, 5) is 5.39. The van der Waals surface area contributed by atoms with Crippen LogP contribution in [0.15, 0.2) is 5.16 Å². The summed E-state index contributed by atoms with van der Waals surface area (Å²) in [6, 6.07) is 0. The van der Waals surface area contributed by atoms with Gasteiger partial charge in [-0.15, -0.1) is 0 Å². The number of nitrogens with zero attached hydrogens (tertiary/aromatic N) is 1. The van der Waals surface area contributed by atoms with E-state index in [0.717, 1.165) is 64.2 Å². The van der Waals surface area contributed by atoms with E-state index in [9.17, 15) is 10.2 Å². The Morgan fingerprint density at radius 1 is 1.03 bits per heavy atom. The van der Waals surface area contributed by atoms with E-state index in [1.54, 1.807) is 0 Å². The van der Waals surface area contributed by atoms with Crippen LogP contribution in [0.4, 0.5) is 0 Å². The summed E-state index contributed by atoms with van der Waals surface area (Å²) < 4.78 is 0. The first kappa shape index (κ1) is 22.5. The largest absolute Gasteiger partial charge is 0.396 e. The van der Waals surface area contributed by atoms with Gasteiger partial charge in [-0.3, -0.25) is 0 Å². The maximum atomic E-state index is 12.2. The van der Waals surface area contributed by atoms with Gasteiger partial charge in [0, 0.05) is 6.21 Å². The number of hydrogen-bond acceptors (Lipinski definition) is 5. The van der Waals surface area contributed by atoms with Crippen molar-refractivity contribution >= 4 is 6.21 Å². The maximum Gasteiger partial charge on any atom is 0.117 e. The number of aliphatic hydroxyl groups is 2. The molecule has 0 saturated heterocycles. The molecule has 0 heterocycles. The topological polar surface area (TPSA) is 88.1 Å². The fraction of sp³-hybridized carbons (Fsp3) is 0.960. The van der Waals surface area contributed by atoms with Crippen molar-refractivity contribution in [3.63, 3.8) is 0 Å². The first-order chi connectivity index (χ1) is 14.3. The molecule has 30 heavy (non-hydrogen) atoms. The zero-order chi connectivity index (χ0) is 21.4. The Bertz CT molecular complexity index is 628. The van der Waals surface area contributed by atoms with E-state index in [4.69, 9.17) is 10.6 Å². The Hall–Kier alpha value is -0.650. The lowest BCUT2D eigenvalue weighted by Gasteiger charge is -2.63. The van der Waals surface area contributed by atoms with Gasteiger partial charge in [0.2, 0.25) is 0 Å². The highest BCUT2D eigenvalue weighted by atomic mass is 16.6. The molecule has 0 amide bonds. The number of nitrogens with two attached hydrogens (primary N) is 1. The molecule has 4 N–H and O–H groups in total. The maximum absolute atomic E-state index is 12.2. The zero-order valence-corrected chi connectivity index (χ0v) is 19.2. The number of hydrogen-bond donors (Lipinski definition) is 3. The van der Waals surface area contributed by atoms with Gasteiger partial charge >= 0.3 is 0 Å². The molecule has 4 rings (SSSR count). The molecular weight excluding hydrogens is 376 g/mol. The number of oxime groups is 1. The molecule has 0 aromatic heterocycles. The molecule has 0 aliphatic heterocycles. The summed E-state index contributed by atoms with van der Waals surface area (Å²) in [5.74, 6) is 2.15. The molecular formula is C25H44N2O3. The van der Waals surface area contributed by atoms with Crippen molar-refractivity contribution in [2.75, 3.05) is 13.2 Å². The Morgan fingerprint density at radius 2 is 1.87 bits per heavy atom. The number of rotatable bonds is 7. The lowest BCUT2D eigenvalue weighted by molar-refractivity contribution is -0.209. The molecule has 0 unspecified atom stereocenters. The van der Waals surface area contributed by atoms with Crippen LogP contribution in [0.1, 0.15) is 90.9 Å². The predicted octanol–water partition coefficient (Wildman–Crippen LogP) is 4.25. The second-order valence-electron chi connectivity index (χ2n) is 11.4. The van der Waals surface area contributed by atoms with E-state index < -0.39 is 5.60 Å². The highest BCUT2D eigenvalue weighted by Crippen LogP contribution is 2.69. The van der Waals surface area contributed by atoms with Crippen LogP contribution in [0.3, 0.4) is 0 Å². The van der Waals surface area contributed by atoms with Gasteiger partial charge in [0.05, 0.1) is 11.7 Å². The van der Waals surface area contributed by atoms with Crippen LogP contribution in [0.25, 0.3) is 0 Å². The normalized spacial score (nSPS) is 48.2. The standard InChI is InChI=1S/C25H44N2O3/c1-23-11-8-20(28)17-19(23)5-6-22-21(23)9-12-24(2)18(7-13-25(22,24)29)10-15-27-30-16-4-3-14-26/h15,18-22,28-29H,3-14,16-17,26H2,1-2H3/b27-15+/t18-,19+,20-,21-,22+,23-,24+,25-/m0/s1.